The largest absolute Gasteiger partial charge is 0.380 e. The van der Waals surface area contributed by atoms with Crippen LogP contribution in [-0.4, -0.2) is 89.7 Å². The van der Waals surface area contributed by atoms with E-state index in [1.807, 2.05) is 29.6 Å². The SMILES string of the molecule is COC1CCCN(C(=O)CN2CCN(c3cc[nH]c4cnc5nccc5c34)CC2)C1. The first-order valence-corrected chi connectivity index (χ1v) is 10.7. The Hall–Kier alpha value is -2.71. The predicted molar refractivity (Wildman–Crippen MR) is 117 cm³/mol. The average Bonchev–Trinajstić information content (AvgIpc) is 3.28. The number of H-pyrrole nitrogens is 1. The predicted octanol–water partition coefficient (Wildman–Crippen LogP) is 1.87. The maximum atomic E-state index is 12.8. The van der Waals surface area contributed by atoms with Crippen LogP contribution in [0.25, 0.3) is 21.9 Å². The second-order valence-corrected chi connectivity index (χ2v) is 8.19. The van der Waals surface area contributed by atoms with Crippen LogP contribution in [-0.2, 0) is 9.53 Å². The van der Waals surface area contributed by atoms with Crippen molar-refractivity contribution >= 4 is 33.5 Å². The molecule has 0 spiro atoms. The summed E-state index contributed by atoms with van der Waals surface area (Å²) >= 11 is 0. The number of anilines is 1. The lowest BCUT2D eigenvalue weighted by Crippen LogP contribution is -2.52. The van der Waals surface area contributed by atoms with Gasteiger partial charge >= 0.3 is 0 Å². The van der Waals surface area contributed by atoms with Crippen LogP contribution in [0.3, 0.4) is 0 Å². The Labute approximate surface area is 175 Å². The van der Waals surface area contributed by atoms with E-state index in [1.54, 1.807) is 7.11 Å². The second kappa shape index (κ2) is 8.20. The number of methoxy groups -OCH3 is 1. The van der Waals surface area contributed by atoms with Gasteiger partial charge in [-0.15, -0.1) is 0 Å². The van der Waals surface area contributed by atoms with E-state index >= 15 is 0 Å². The fourth-order valence-electron chi connectivity index (χ4n) is 4.70. The molecule has 30 heavy (non-hydrogen) atoms. The third-order valence-electron chi connectivity index (χ3n) is 6.41. The van der Waals surface area contributed by atoms with E-state index in [9.17, 15) is 4.79 Å². The number of rotatable bonds is 4. The van der Waals surface area contributed by atoms with Crippen LogP contribution in [0.5, 0.6) is 0 Å². The number of ether oxygens (including phenoxy) is 1. The summed E-state index contributed by atoms with van der Waals surface area (Å²) in [6, 6.07) is 4.16. The normalized spacial score (nSPS) is 20.9. The first-order valence-electron chi connectivity index (χ1n) is 10.7. The first kappa shape index (κ1) is 19.3. The first-order chi connectivity index (χ1) is 14.7. The summed E-state index contributed by atoms with van der Waals surface area (Å²) in [5, 5.41) is 2.25. The van der Waals surface area contributed by atoms with Crippen molar-refractivity contribution in [2.45, 2.75) is 18.9 Å². The topological polar surface area (TPSA) is 77.6 Å². The van der Waals surface area contributed by atoms with Crippen molar-refractivity contribution in [2.75, 3.05) is 57.8 Å². The molecule has 3 aromatic rings. The summed E-state index contributed by atoms with van der Waals surface area (Å²) in [5.41, 5.74) is 3.00. The number of fused-ring (bicyclic) bond motifs is 3. The molecule has 2 saturated heterocycles. The van der Waals surface area contributed by atoms with Gasteiger partial charge in [-0.3, -0.25) is 9.69 Å². The molecule has 0 aliphatic carbocycles. The van der Waals surface area contributed by atoms with E-state index in [-0.39, 0.29) is 12.0 Å². The fraction of sp³-hybridized carbons (Fsp3) is 0.500. The summed E-state index contributed by atoms with van der Waals surface area (Å²) < 4.78 is 5.46. The molecule has 1 atom stereocenters. The number of nitrogens with zero attached hydrogens (tertiary/aromatic N) is 5. The third kappa shape index (κ3) is 3.61. The van der Waals surface area contributed by atoms with E-state index in [1.165, 1.54) is 11.1 Å². The number of piperazine rings is 1. The fourth-order valence-corrected chi connectivity index (χ4v) is 4.70. The molecule has 0 bridgehead atoms. The molecule has 158 valence electrons. The molecule has 1 N–H and O–H groups in total. The second-order valence-electron chi connectivity index (χ2n) is 8.19. The molecule has 1 amide bonds. The van der Waals surface area contributed by atoms with Crippen molar-refractivity contribution in [3.63, 3.8) is 0 Å². The number of likely N-dealkylation sites (tertiary alicyclic amines) is 1. The van der Waals surface area contributed by atoms with Gasteiger partial charge in [0.25, 0.3) is 0 Å². The standard InChI is InChI=1S/C22H28N6O2/c1-30-16-3-2-8-28(14-16)20(29)15-26-9-11-27(12-10-26)19-5-7-23-18-13-25-22-17(21(18)19)4-6-24-22/h4-7,13,16,23H,2-3,8-12,14-15H2,1H3. The molecule has 8 heteroatoms. The van der Waals surface area contributed by atoms with E-state index in [0.29, 0.717) is 6.54 Å². The Morgan fingerprint density at radius 1 is 1.20 bits per heavy atom. The zero-order valence-corrected chi connectivity index (χ0v) is 17.4. The molecule has 8 nitrogen and oxygen atoms in total. The van der Waals surface area contributed by atoms with Gasteiger partial charge in [0.05, 0.1) is 24.4 Å². The highest BCUT2D eigenvalue weighted by Crippen LogP contribution is 2.31. The molecule has 2 fully saturated rings. The van der Waals surface area contributed by atoms with E-state index in [4.69, 9.17) is 4.74 Å². The van der Waals surface area contributed by atoms with Gasteiger partial charge in [0.15, 0.2) is 5.65 Å². The Morgan fingerprint density at radius 2 is 2.07 bits per heavy atom. The Morgan fingerprint density at radius 3 is 2.90 bits per heavy atom. The molecule has 0 aromatic carbocycles. The van der Waals surface area contributed by atoms with Crippen molar-refractivity contribution in [3.05, 3.63) is 30.7 Å². The zero-order chi connectivity index (χ0) is 20.5. The number of piperidine rings is 1. The zero-order valence-electron chi connectivity index (χ0n) is 17.4. The van der Waals surface area contributed by atoms with Crippen LogP contribution >= 0.6 is 0 Å². The van der Waals surface area contributed by atoms with Crippen LogP contribution in [0.4, 0.5) is 5.69 Å². The number of aromatic amines is 1. The molecule has 3 aromatic heterocycles. The smallest absolute Gasteiger partial charge is 0.236 e. The summed E-state index contributed by atoms with van der Waals surface area (Å²) in [6.07, 6.45) is 7.89. The number of carbonyl (C=O) groups is 1. The summed E-state index contributed by atoms with van der Waals surface area (Å²) in [6.45, 7) is 5.61. The Bertz CT molecular complexity index is 1040. The van der Waals surface area contributed by atoms with Crippen molar-refractivity contribution < 1.29 is 9.53 Å². The van der Waals surface area contributed by atoms with Crippen molar-refractivity contribution in [3.8, 4) is 0 Å². The van der Waals surface area contributed by atoms with E-state index in [2.05, 4.69) is 30.8 Å². The maximum Gasteiger partial charge on any atom is 0.236 e. The molecule has 0 saturated carbocycles. The van der Waals surface area contributed by atoms with E-state index in [0.717, 1.165) is 68.7 Å². The van der Waals surface area contributed by atoms with Crippen LogP contribution in [0.2, 0.25) is 0 Å². The van der Waals surface area contributed by atoms with Crippen molar-refractivity contribution in [1.82, 2.24) is 24.8 Å². The number of aromatic nitrogens is 3. The summed E-state index contributed by atoms with van der Waals surface area (Å²) in [4.78, 5) is 31.5. The van der Waals surface area contributed by atoms with Crippen LogP contribution < -0.4 is 4.90 Å². The van der Waals surface area contributed by atoms with Gasteiger partial charge in [-0.05, 0) is 25.0 Å². The van der Waals surface area contributed by atoms with Gasteiger partial charge in [0, 0.05) is 75.2 Å². The number of hydrogen-bond donors (Lipinski definition) is 1. The monoisotopic (exact) mass is 408 g/mol. The van der Waals surface area contributed by atoms with Crippen LogP contribution in [0, 0.1) is 0 Å². The van der Waals surface area contributed by atoms with Gasteiger partial charge in [-0.25, -0.2) is 9.97 Å². The number of carbonyl (C=O) groups excluding carboxylic acids is 1. The quantitative estimate of drug-likeness (QED) is 0.710. The third-order valence-corrected chi connectivity index (χ3v) is 6.41. The highest BCUT2D eigenvalue weighted by atomic mass is 16.5. The summed E-state index contributed by atoms with van der Waals surface area (Å²) in [7, 11) is 1.73. The minimum atomic E-state index is 0.180. The molecular weight excluding hydrogens is 380 g/mol. The van der Waals surface area contributed by atoms with Crippen LogP contribution in [0.15, 0.2) is 30.7 Å². The van der Waals surface area contributed by atoms with Crippen molar-refractivity contribution in [1.29, 1.82) is 0 Å². The van der Waals surface area contributed by atoms with Gasteiger partial charge < -0.3 is 19.5 Å². The highest BCUT2D eigenvalue weighted by molar-refractivity contribution is 6.09. The highest BCUT2D eigenvalue weighted by Gasteiger charge is 2.26. The number of amides is 1. The number of hydrogen-bond acceptors (Lipinski definition) is 6. The van der Waals surface area contributed by atoms with Gasteiger partial charge in [0.2, 0.25) is 5.91 Å². The molecule has 2 aliphatic rings. The molecule has 5 rings (SSSR count). The number of pyridine rings is 2. The molecular formula is C22H28N6O2. The number of nitrogens with one attached hydrogen (secondary N) is 1. The molecule has 2 aliphatic heterocycles. The van der Waals surface area contributed by atoms with Gasteiger partial charge in [-0.2, -0.15) is 0 Å². The lowest BCUT2D eigenvalue weighted by atomic mass is 10.1. The molecule has 1 unspecified atom stereocenters. The Kier molecular flexibility index (Phi) is 5.26. The lowest BCUT2D eigenvalue weighted by Gasteiger charge is -2.38. The van der Waals surface area contributed by atoms with Gasteiger partial charge in [0.1, 0.15) is 0 Å². The van der Waals surface area contributed by atoms with Crippen LogP contribution in [0.1, 0.15) is 12.8 Å². The lowest BCUT2D eigenvalue weighted by molar-refractivity contribution is -0.136. The minimum Gasteiger partial charge on any atom is -0.380 e. The molecule has 5 heterocycles. The van der Waals surface area contributed by atoms with Crippen molar-refractivity contribution in [2.24, 2.45) is 0 Å². The van der Waals surface area contributed by atoms with Gasteiger partial charge in [-0.1, -0.05) is 0 Å². The summed E-state index contributed by atoms with van der Waals surface area (Å²) in [5.74, 6) is 0.223. The Balaban J connectivity index is 1.26. The molecule has 0 radical (unpaired) electrons. The maximum absolute atomic E-state index is 12.8. The minimum absolute atomic E-state index is 0.180. The van der Waals surface area contributed by atoms with E-state index < -0.39 is 0 Å². The average molecular weight is 409 g/mol.